The molecule has 0 aromatic heterocycles. The minimum atomic E-state index is -4.68. The van der Waals surface area contributed by atoms with Crippen molar-refractivity contribution >= 4 is 19.7 Å². The van der Waals surface area contributed by atoms with Crippen LogP contribution < -0.4 is 0 Å². The predicted octanol–water partition coefficient (Wildman–Crippen LogP) is 2.48. The summed E-state index contributed by atoms with van der Waals surface area (Å²) in [6.45, 7) is 0.774. The lowest BCUT2D eigenvalue weighted by Crippen LogP contribution is -2.08. The van der Waals surface area contributed by atoms with Crippen molar-refractivity contribution < 1.29 is 26.0 Å². The summed E-state index contributed by atoms with van der Waals surface area (Å²) in [4.78, 5) is -1.39. The summed E-state index contributed by atoms with van der Waals surface area (Å²) in [6.07, 6.45) is 0. The SMILES string of the molecule is Cc1c(F)c(F)c(F)c(F)c1S(=O)(=O)Cl. The Morgan fingerprint density at radius 3 is 1.73 bits per heavy atom. The van der Waals surface area contributed by atoms with E-state index in [1.165, 1.54) is 0 Å². The molecule has 1 aromatic carbocycles. The van der Waals surface area contributed by atoms with Crippen LogP contribution in [0.1, 0.15) is 5.56 Å². The molecule has 84 valence electrons. The zero-order chi connectivity index (χ0) is 12.0. The van der Waals surface area contributed by atoms with Crippen molar-refractivity contribution in [3.63, 3.8) is 0 Å². The highest BCUT2D eigenvalue weighted by Gasteiger charge is 2.29. The molecule has 0 radical (unpaired) electrons. The molecule has 0 aliphatic heterocycles. The van der Waals surface area contributed by atoms with E-state index in [1.54, 1.807) is 0 Å². The van der Waals surface area contributed by atoms with Gasteiger partial charge in [0.15, 0.2) is 23.3 Å². The monoisotopic (exact) mass is 262 g/mol. The first-order valence-corrected chi connectivity index (χ1v) is 5.76. The number of hydrogen-bond acceptors (Lipinski definition) is 2. The Kier molecular flexibility index (Phi) is 2.97. The molecule has 15 heavy (non-hydrogen) atoms. The van der Waals surface area contributed by atoms with E-state index in [0.717, 1.165) is 6.92 Å². The Morgan fingerprint density at radius 1 is 0.933 bits per heavy atom. The summed E-state index contributed by atoms with van der Waals surface area (Å²) in [5.41, 5.74) is -0.901. The summed E-state index contributed by atoms with van der Waals surface area (Å²) in [5, 5.41) is 0. The summed E-state index contributed by atoms with van der Waals surface area (Å²) >= 11 is 0. The number of halogens is 5. The van der Waals surface area contributed by atoms with Gasteiger partial charge in [-0.1, -0.05) is 0 Å². The highest BCUT2D eigenvalue weighted by atomic mass is 35.7. The zero-order valence-corrected chi connectivity index (χ0v) is 8.69. The van der Waals surface area contributed by atoms with Crippen LogP contribution in [0.25, 0.3) is 0 Å². The van der Waals surface area contributed by atoms with E-state index in [9.17, 15) is 26.0 Å². The van der Waals surface area contributed by atoms with E-state index in [4.69, 9.17) is 10.7 Å². The summed E-state index contributed by atoms with van der Waals surface area (Å²) in [6, 6.07) is 0. The second-order valence-electron chi connectivity index (χ2n) is 2.65. The van der Waals surface area contributed by atoms with Gasteiger partial charge in [-0.2, -0.15) is 0 Å². The largest absolute Gasteiger partial charge is 0.264 e. The second-order valence-corrected chi connectivity index (χ2v) is 5.15. The fraction of sp³-hybridized carbons (Fsp3) is 0.143. The van der Waals surface area contributed by atoms with E-state index in [0.29, 0.717) is 0 Å². The first-order chi connectivity index (χ1) is 6.68. The lowest BCUT2D eigenvalue weighted by atomic mass is 10.2. The topological polar surface area (TPSA) is 34.1 Å². The smallest absolute Gasteiger partial charge is 0.207 e. The molecule has 1 aromatic rings. The molecular weight excluding hydrogens is 260 g/mol. The Hall–Kier alpha value is -0.820. The van der Waals surface area contributed by atoms with E-state index in [-0.39, 0.29) is 0 Å². The molecular formula is C7H3ClF4O2S. The number of rotatable bonds is 1. The summed E-state index contributed by atoms with van der Waals surface area (Å²) in [7, 11) is 0.0665. The maximum atomic E-state index is 13.0. The molecule has 0 N–H and O–H groups in total. The third kappa shape index (κ3) is 1.93. The van der Waals surface area contributed by atoms with Gasteiger partial charge in [-0.15, -0.1) is 0 Å². The molecule has 0 aliphatic rings. The van der Waals surface area contributed by atoms with Crippen molar-refractivity contribution in [1.29, 1.82) is 0 Å². The molecule has 1 rings (SSSR count). The van der Waals surface area contributed by atoms with Crippen LogP contribution in [-0.4, -0.2) is 8.42 Å². The van der Waals surface area contributed by atoms with Gasteiger partial charge < -0.3 is 0 Å². The van der Waals surface area contributed by atoms with Crippen LogP contribution in [0.5, 0.6) is 0 Å². The van der Waals surface area contributed by atoms with Gasteiger partial charge in [-0.3, -0.25) is 0 Å². The third-order valence-corrected chi connectivity index (χ3v) is 3.13. The normalized spacial score (nSPS) is 11.9. The maximum Gasteiger partial charge on any atom is 0.264 e. The lowest BCUT2D eigenvalue weighted by Gasteiger charge is -2.06. The van der Waals surface area contributed by atoms with Crippen LogP contribution in [0.2, 0.25) is 0 Å². The van der Waals surface area contributed by atoms with E-state index in [2.05, 4.69) is 0 Å². The molecule has 0 aliphatic carbocycles. The summed E-state index contributed by atoms with van der Waals surface area (Å²) in [5.74, 6) is -8.10. The van der Waals surface area contributed by atoms with Crippen molar-refractivity contribution in [2.75, 3.05) is 0 Å². The average Bonchev–Trinajstić information content (AvgIpc) is 2.09. The molecule has 2 nitrogen and oxygen atoms in total. The van der Waals surface area contributed by atoms with Crippen LogP contribution in [0.3, 0.4) is 0 Å². The molecule has 0 fully saturated rings. The van der Waals surface area contributed by atoms with Gasteiger partial charge in [0.25, 0.3) is 9.05 Å². The predicted molar refractivity (Wildman–Crippen MR) is 44.0 cm³/mol. The van der Waals surface area contributed by atoms with Crippen molar-refractivity contribution in [3.05, 3.63) is 28.8 Å². The van der Waals surface area contributed by atoms with Gasteiger partial charge >= 0.3 is 0 Å². The minimum Gasteiger partial charge on any atom is -0.207 e. The fourth-order valence-electron chi connectivity index (χ4n) is 1.01. The molecule has 0 bridgehead atoms. The standard InChI is InChI=1S/C7H3ClF4O2S/c1-2-3(9)4(10)5(11)6(12)7(2)15(8,13)14/h1H3. The van der Waals surface area contributed by atoms with Crippen LogP contribution in [0.15, 0.2) is 4.90 Å². The van der Waals surface area contributed by atoms with E-state index in [1.807, 2.05) is 0 Å². The molecule has 0 spiro atoms. The average molecular weight is 263 g/mol. The molecule has 0 saturated carbocycles. The molecule has 0 saturated heterocycles. The molecule has 0 amide bonds. The second kappa shape index (κ2) is 3.64. The minimum absolute atomic E-state index is 0.774. The number of hydrogen-bond donors (Lipinski definition) is 0. The van der Waals surface area contributed by atoms with Crippen molar-refractivity contribution in [2.45, 2.75) is 11.8 Å². The lowest BCUT2D eigenvalue weighted by molar-refractivity contribution is 0.392. The Balaban J connectivity index is 3.84. The highest BCUT2D eigenvalue weighted by Crippen LogP contribution is 2.29. The molecule has 0 unspecified atom stereocenters. The fourth-order valence-corrected chi connectivity index (χ4v) is 2.32. The zero-order valence-electron chi connectivity index (χ0n) is 7.11. The highest BCUT2D eigenvalue weighted by molar-refractivity contribution is 8.13. The summed E-state index contributed by atoms with van der Waals surface area (Å²) < 4.78 is 72.6. The van der Waals surface area contributed by atoms with Crippen molar-refractivity contribution in [2.24, 2.45) is 0 Å². The maximum absolute atomic E-state index is 13.0. The number of benzene rings is 1. The first-order valence-electron chi connectivity index (χ1n) is 3.45. The first kappa shape index (κ1) is 12.3. The van der Waals surface area contributed by atoms with Gasteiger partial charge in [0.2, 0.25) is 0 Å². The quantitative estimate of drug-likeness (QED) is 0.337. The van der Waals surface area contributed by atoms with Gasteiger partial charge in [-0.25, -0.2) is 26.0 Å². The Labute approximate surface area is 86.9 Å². The van der Waals surface area contributed by atoms with Gasteiger partial charge in [-0.05, 0) is 6.92 Å². The van der Waals surface area contributed by atoms with Crippen LogP contribution >= 0.6 is 10.7 Å². The van der Waals surface area contributed by atoms with E-state index >= 15 is 0 Å². The van der Waals surface area contributed by atoms with E-state index < -0.39 is 42.8 Å². The van der Waals surface area contributed by atoms with Crippen molar-refractivity contribution in [1.82, 2.24) is 0 Å². The van der Waals surface area contributed by atoms with Gasteiger partial charge in [0.1, 0.15) is 4.90 Å². The molecule has 0 atom stereocenters. The molecule has 8 heteroatoms. The van der Waals surface area contributed by atoms with Gasteiger partial charge in [0.05, 0.1) is 0 Å². The van der Waals surface area contributed by atoms with Crippen LogP contribution in [0.4, 0.5) is 17.6 Å². The Morgan fingerprint density at radius 2 is 1.33 bits per heavy atom. The van der Waals surface area contributed by atoms with Crippen LogP contribution in [0, 0.1) is 30.2 Å². The van der Waals surface area contributed by atoms with Crippen LogP contribution in [-0.2, 0) is 9.05 Å². The third-order valence-electron chi connectivity index (χ3n) is 1.69. The molecule has 0 heterocycles. The Bertz CT molecular complexity index is 497. The van der Waals surface area contributed by atoms with Gasteiger partial charge in [0, 0.05) is 16.2 Å². The van der Waals surface area contributed by atoms with Crippen molar-refractivity contribution in [3.8, 4) is 0 Å².